The minimum atomic E-state index is -0.406. The Kier molecular flexibility index (Phi) is 2.96. The summed E-state index contributed by atoms with van der Waals surface area (Å²) in [6.07, 6.45) is 1.50. The average Bonchev–Trinajstić information content (AvgIpc) is 2.51. The average molecular weight is 196 g/mol. The number of hydrogen-bond acceptors (Lipinski definition) is 3. The second-order valence-corrected chi connectivity index (χ2v) is 3.97. The van der Waals surface area contributed by atoms with Crippen molar-refractivity contribution < 1.29 is 9.21 Å². The third-order valence-corrected chi connectivity index (χ3v) is 2.03. The second-order valence-electron chi connectivity index (χ2n) is 3.97. The Morgan fingerprint density at radius 1 is 1.64 bits per heavy atom. The van der Waals surface area contributed by atoms with Crippen molar-refractivity contribution in [3.05, 3.63) is 23.7 Å². The smallest absolute Gasteiger partial charge is 0.287 e. The quantitative estimate of drug-likeness (QED) is 0.759. The highest BCUT2D eigenvalue weighted by atomic mass is 16.3. The van der Waals surface area contributed by atoms with Crippen LogP contribution in [0.1, 0.15) is 30.0 Å². The third-order valence-electron chi connectivity index (χ3n) is 2.03. The molecule has 1 amide bonds. The first-order chi connectivity index (χ1) is 6.46. The molecule has 0 bridgehead atoms. The zero-order valence-electron chi connectivity index (χ0n) is 8.76. The molecule has 0 saturated carbocycles. The lowest BCUT2D eigenvalue weighted by Crippen LogP contribution is -2.48. The molecule has 4 heteroatoms. The Morgan fingerprint density at radius 2 is 2.29 bits per heavy atom. The van der Waals surface area contributed by atoms with Crippen LogP contribution in [0.3, 0.4) is 0 Å². The molecule has 14 heavy (non-hydrogen) atoms. The number of amides is 1. The summed E-state index contributed by atoms with van der Waals surface area (Å²) < 4.78 is 5.06. The fraction of sp³-hybridized carbons (Fsp3) is 0.500. The third kappa shape index (κ3) is 2.35. The molecule has 1 rings (SSSR count). The summed E-state index contributed by atoms with van der Waals surface area (Å²) in [5.74, 6) is 0.134. The highest BCUT2D eigenvalue weighted by Gasteiger charge is 2.21. The normalized spacial score (nSPS) is 11.4. The Bertz CT molecular complexity index is 329. The topological polar surface area (TPSA) is 68.3 Å². The summed E-state index contributed by atoms with van der Waals surface area (Å²) >= 11 is 0. The molecule has 0 aliphatic rings. The highest BCUT2D eigenvalue weighted by Crippen LogP contribution is 2.10. The van der Waals surface area contributed by atoms with Gasteiger partial charge in [0.1, 0.15) is 0 Å². The lowest BCUT2D eigenvalue weighted by Gasteiger charge is -2.23. The van der Waals surface area contributed by atoms with Gasteiger partial charge in [0.15, 0.2) is 5.76 Å². The Hall–Kier alpha value is -1.29. The summed E-state index contributed by atoms with van der Waals surface area (Å²) in [4.78, 5) is 11.6. The minimum absolute atomic E-state index is 0.219. The number of furan rings is 1. The van der Waals surface area contributed by atoms with Crippen molar-refractivity contribution in [3.8, 4) is 0 Å². The molecule has 78 valence electrons. The molecular weight excluding hydrogens is 180 g/mol. The van der Waals surface area contributed by atoms with E-state index >= 15 is 0 Å². The molecule has 1 aromatic rings. The van der Waals surface area contributed by atoms with E-state index in [0.29, 0.717) is 12.3 Å². The van der Waals surface area contributed by atoms with Gasteiger partial charge in [-0.2, -0.15) is 0 Å². The predicted octanol–water partition coefficient (Wildman–Crippen LogP) is 1.06. The van der Waals surface area contributed by atoms with Crippen LogP contribution in [0.15, 0.2) is 16.7 Å². The van der Waals surface area contributed by atoms with Crippen LogP contribution >= 0.6 is 0 Å². The van der Waals surface area contributed by atoms with E-state index in [1.165, 1.54) is 6.26 Å². The zero-order chi connectivity index (χ0) is 10.8. The molecule has 0 aromatic carbocycles. The maximum absolute atomic E-state index is 11.6. The number of rotatable bonds is 3. The summed E-state index contributed by atoms with van der Waals surface area (Å²) in [6.45, 7) is 5.94. The van der Waals surface area contributed by atoms with E-state index in [2.05, 4.69) is 5.32 Å². The Morgan fingerprint density at radius 3 is 2.71 bits per heavy atom. The van der Waals surface area contributed by atoms with Crippen LogP contribution in [0.4, 0.5) is 0 Å². The lowest BCUT2D eigenvalue weighted by atomic mass is 10.1. The van der Waals surface area contributed by atoms with Crippen molar-refractivity contribution in [2.24, 2.45) is 5.73 Å². The fourth-order valence-electron chi connectivity index (χ4n) is 1.02. The number of nitrogens with two attached hydrogens (primary N) is 1. The van der Waals surface area contributed by atoms with E-state index in [0.717, 1.165) is 5.56 Å². The van der Waals surface area contributed by atoms with E-state index in [9.17, 15) is 4.79 Å². The van der Waals surface area contributed by atoms with Crippen LogP contribution in [-0.4, -0.2) is 18.0 Å². The van der Waals surface area contributed by atoms with Crippen molar-refractivity contribution in [3.63, 3.8) is 0 Å². The van der Waals surface area contributed by atoms with Crippen molar-refractivity contribution in [2.45, 2.75) is 26.3 Å². The van der Waals surface area contributed by atoms with Crippen LogP contribution in [-0.2, 0) is 0 Å². The molecule has 0 aliphatic heterocycles. The standard InChI is InChI=1S/C10H16N2O2/c1-7-4-5-14-8(7)9(13)12-10(2,3)6-11/h4-5H,6,11H2,1-3H3,(H,12,13). The molecule has 1 aromatic heterocycles. The molecule has 0 saturated heterocycles. The first kappa shape index (κ1) is 10.8. The van der Waals surface area contributed by atoms with Gasteiger partial charge in [-0.3, -0.25) is 4.79 Å². The van der Waals surface area contributed by atoms with E-state index in [1.807, 2.05) is 20.8 Å². The van der Waals surface area contributed by atoms with Crippen LogP contribution in [0.5, 0.6) is 0 Å². The van der Waals surface area contributed by atoms with Gasteiger partial charge in [0.2, 0.25) is 0 Å². The first-order valence-electron chi connectivity index (χ1n) is 4.53. The van der Waals surface area contributed by atoms with Gasteiger partial charge >= 0.3 is 0 Å². The molecule has 3 N–H and O–H groups in total. The molecule has 4 nitrogen and oxygen atoms in total. The largest absolute Gasteiger partial charge is 0.459 e. The number of carbonyl (C=O) groups is 1. The second kappa shape index (κ2) is 3.84. The fourth-order valence-corrected chi connectivity index (χ4v) is 1.02. The van der Waals surface area contributed by atoms with Crippen molar-refractivity contribution in [1.82, 2.24) is 5.32 Å². The molecule has 0 unspecified atom stereocenters. The van der Waals surface area contributed by atoms with E-state index in [4.69, 9.17) is 10.2 Å². The van der Waals surface area contributed by atoms with Gasteiger partial charge in [0, 0.05) is 17.6 Å². The molecule has 0 radical (unpaired) electrons. The Labute approximate surface area is 83.5 Å². The maximum atomic E-state index is 11.6. The summed E-state index contributed by atoms with van der Waals surface area (Å²) in [7, 11) is 0. The van der Waals surface area contributed by atoms with Crippen LogP contribution in [0, 0.1) is 6.92 Å². The molecule has 0 atom stereocenters. The summed E-state index contributed by atoms with van der Waals surface area (Å²) in [6, 6.07) is 1.75. The first-order valence-corrected chi connectivity index (χ1v) is 4.53. The minimum Gasteiger partial charge on any atom is -0.459 e. The van der Waals surface area contributed by atoms with Crippen LogP contribution < -0.4 is 11.1 Å². The van der Waals surface area contributed by atoms with Crippen LogP contribution in [0.2, 0.25) is 0 Å². The van der Waals surface area contributed by atoms with Crippen molar-refractivity contribution >= 4 is 5.91 Å². The van der Waals surface area contributed by atoms with E-state index in [1.54, 1.807) is 6.07 Å². The monoisotopic (exact) mass is 196 g/mol. The van der Waals surface area contributed by atoms with Gasteiger partial charge < -0.3 is 15.5 Å². The van der Waals surface area contributed by atoms with Gasteiger partial charge in [-0.25, -0.2) is 0 Å². The van der Waals surface area contributed by atoms with E-state index < -0.39 is 5.54 Å². The van der Waals surface area contributed by atoms with Crippen LogP contribution in [0.25, 0.3) is 0 Å². The van der Waals surface area contributed by atoms with Gasteiger partial charge in [-0.1, -0.05) is 0 Å². The molecule has 0 spiro atoms. The summed E-state index contributed by atoms with van der Waals surface area (Å²) in [5, 5.41) is 2.79. The lowest BCUT2D eigenvalue weighted by molar-refractivity contribution is 0.0886. The van der Waals surface area contributed by atoms with Gasteiger partial charge in [-0.15, -0.1) is 0 Å². The Balaban J connectivity index is 2.73. The molecule has 0 aliphatic carbocycles. The predicted molar refractivity (Wildman–Crippen MR) is 54.0 cm³/mol. The molecule has 1 heterocycles. The van der Waals surface area contributed by atoms with Crippen molar-refractivity contribution in [1.29, 1.82) is 0 Å². The van der Waals surface area contributed by atoms with E-state index in [-0.39, 0.29) is 5.91 Å². The molecule has 0 fully saturated rings. The SMILES string of the molecule is Cc1ccoc1C(=O)NC(C)(C)CN. The number of hydrogen-bond donors (Lipinski definition) is 2. The number of aryl methyl sites for hydroxylation is 1. The highest BCUT2D eigenvalue weighted by molar-refractivity contribution is 5.93. The zero-order valence-corrected chi connectivity index (χ0v) is 8.76. The number of nitrogens with one attached hydrogen (secondary N) is 1. The summed E-state index contributed by atoms with van der Waals surface area (Å²) in [5.41, 5.74) is 5.92. The molecular formula is C10H16N2O2. The van der Waals surface area contributed by atoms with Gasteiger partial charge in [-0.05, 0) is 26.8 Å². The van der Waals surface area contributed by atoms with Crippen molar-refractivity contribution in [2.75, 3.05) is 6.54 Å². The van der Waals surface area contributed by atoms with Gasteiger partial charge in [0.25, 0.3) is 5.91 Å². The number of carbonyl (C=O) groups excluding carboxylic acids is 1. The van der Waals surface area contributed by atoms with Gasteiger partial charge in [0.05, 0.1) is 6.26 Å². The maximum Gasteiger partial charge on any atom is 0.287 e.